The summed E-state index contributed by atoms with van der Waals surface area (Å²) < 4.78 is 17.4. The van der Waals surface area contributed by atoms with E-state index in [9.17, 15) is 4.79 Å². The number of rotatable bonds is 9. The summed E-state index contributed by atoms with van der Waals surface area (Å²) in [6.07, 6.45) is 1.48. The van der Waals surface area contributed by atoms with E-state index in [1.54, 1.807) is 54.6 Å². The Bertz CT molecular complexity index is 1160. The number of nitrogens with one attached hydrogen (secondary N) is 1. The Morgan fingerprint density at radius 2 is 1.76 bits per heavy atom. The minimum Gasteiger partial charge on any atom is -0.493 e. The van der Waals surface area contributed by atoms with Crippen molar-refractivity contribution in [2.45, 2.75) is 6.61 Å². The van der Waals surface area contributed by atoms with Crippen LogP contribution >= 0.6 is 50.7 Å². The van der Waals surface area contributed by atoms with Crippen molar-refractivity contribution < 1.29 is 19.0 Å². The van der Waals surface area contributed by atoms with Crippen molar-refractivity contribution in [1.82, 2.24) is 5.43 Å². The predicted octanol–water partition coefficient (Wildman–Crippen LogP) is 6.53. The first kappa shape index (κ1) is 25.2. The number of ether oxygens (including phenoxy) is 3. The fourth-order valence-corrected chi connectivity index (χ4v) is 3.80. The number of benzene rings is 3. The van der Waals surface area contributed by atoms with Crippen LogP contribution in [0.3, 0.4) is 0 Å². The summed E-state index contributed by atoms with van der Waals surface area (Å²) in [6, 6.07) is 15.4. The molecule has 0 spiro atoms. The molecule has 0 aromatic heterocycles. The largest absolute Gasteiger partial charge is 0.493 e. The zero-order valence-corrected chi connectivity index (χ0v) is 21.1. The van der Waals surface area contributed by atoms with Crippen LogP contribution in [0.4, 0.5) is 0 Å². The van der Waals surface area contributed by atoms with Crippen molar-refractivity contribution in [3.05, 3.63) is 85.3 Å². The summed E-state index contributed by atoms with van der Waals surface area (Å²) in [7, 11) is 1.53. The first-order chi connectivity index (χ1) is 15.9. The molecule has 1 amide bonds. The van der Waals surface area contributed by atoms with Gasteiger partial charge in [-0.1, -0.05) is 40.9 Å². The molecular formula is C23H18BrCl3N2O4. The van der Waals surface area contributed by atoms with Gasteiger partial charge in [0.25, 0.3) is 5.91 Å². The van der Waals surface area contributed by atoms with Crippen molar-refractivity contribution >= 4 is 62.9 Å². The minimum atomic E-state index is -0.410. The number of methoxy groups -OCH3 is 1. The first-order valence-electron chi connectivity index (χ1n) is 9.50. The smallest absolute Gasteiger partial charge is 0.277 e. The summed E-state index contributed by atoms with van der Waals surface area (Å²) in [5, 5.41) is 5.60. The lowest BCUT2D eigenvalue weighted by Gasteiger charge is -2.14. The Morgan fingerprint density at radius 1 is 1.03 bits per heavy atom. The standard InChI is InChI=1S/C23H18BrCl3N2O4/c1-31-21-9-14(11-28-29-22(30)13-32-18-6-4-16(25)5-7-18)8-19(24)23(21)33-12-15-2-3-17(26)10-20(15)27/h2-11H,12-13H2,1H3,(H,29,30)/b28-11-. The summed E-state index contributed by atoms with van der Waals surface area (Å²) in [5.74, 6) is 1.10. The zero-order chi connectivity index (χ0) is 23.8. The van der Waals surface area contributed by atoms with Gasteiger partial charge in [0.1, 0.15) is 12.4 Å². The van der Waals surface area contributed by atoms with Crippen LogP contribution in [-0.4, -0.2) is 25.8 Å². The normalized spacial score (nSPS) is 10.8. The number of carbonyl (C=O) groups is 1. The molecule has 0 fully saturated rings. The maximum absolute atomic E-state index is 11.9. The monoisotopic (exact) mass is 570 g/mol. The molecule has 0 aliphatic rings. The highest BCUT2D eigenvalue weighted by Crippen LogP contribution is 2.37. The molecule has 0 radical (unpaired) electrons. The van der Waals surface area contributed by atoms with E-state index in [0.29, 0.717) is 42.4 Å². The molecule has 0 unspecified atom stereocenters. The molecule has 1 N–H and O–H groups in total. The van der Waals surface area contributed by atoms with Gasteiger partial charge in [-0.25, -0.2) is 5.43 Å². The lowest BCUT2D eigenvalue weighted by molar-refractivity contribution is -0.123. The Balaban J connectivity index is 1.59. The van der Waals surface area contributed by atoms with Gasteiger partial charge in [0.2, 0.25) is 0 Å². The quantitative estimate of drug-likeness (QED) is 0.234. The van der Waals surface area contributed by atoms with Gasteiger partial charge in [-0.2, -0.15) is 5.10 Å². The third kappa shape index (κ3) is 7.54. The topological polar surface area (TPSA) is 69.2 Å². The fraction of sp³-hybridized carbons (Fsp3) is 0.130. The van der Waals surface area contributed by atoms with E-state index in [1.807, 2.05) is 0 Å². The molecular weight excluding hydrogens is 555 g/mol. The van der Waals surface area contributed by atoms with Crippen molar-refractivity contribution in [3.8, 4) is 17.2 Å². The molecule has 3 rings (SSSR count). The lowest BCUT2D eigenvalue weighted by Crippen LogP contribution is -2.24. The third-order valence-electron chi connectivity index (χ3n) is 4.23. The van der Waals surface area contributed by atoms with Crippen molar-refractivity contribution in [2.24, 2.45) is 5.10 Å². The molecule has 172 valence electrons. The number of halogens is 4. The average molecular weight is 573 g/mol. The Kier molecular flexibility index (Phi) is 9.26. The summed E-state index contributed by atoms with van der Waals surface area (Å²) in [5.41, 5.74) is 3.87. The molecule has 0 saturated carbocycles. The molecule has 0 atom stereocenters. The number of hydrogen-bond acceptors (Lipinski definition) is 5. The van der Waals surface area contributed by atoms with Gasteiger partial charge in [-0.15, -0.1) is 0 Å². The van der Waals surface area contributed by atoms with Gasteiger partial charge in [0.05, 0.1) is 17.8 Å². The minimum absolute atomic E-state index is 0.188. The Labute approximate surface area is 214 Å². The summed E-state index contributed by atoms with van der Waals surface area (Å²) in [6.45, 7) is 0.0358. The highest BCUT2D eigenvalue weighted by molar-refractivity contribution is 9.10. The predicted molar refractivity (Wildman–Crippen MR) is 134 cm³/mol. The second-order valence-electron chi connectivity index (χ2n) is 6.59. The van der Waals surface area contributed by atoms with Crippen LogP contribution in [0.1, 0.15) is 11.1 Å². The van der Waals surface area contributed by atoms with E-state index < -0.39 is 5.91 Å². The number of amides is 1. The summed E-state index contributed by atoms with van der Waals surface area (Å²) >= 11 is 21.4. The second kappa shape index (κ2) is 12.1. The van der Waals surface area contributed by atoms with Crippen LogP contribution in [0, 0.1) is 0 Å². The van der Waals surface area contributed by atoms with Crippen LogP contribution in [-0.2, 0) is 11.4 Å². The number of hydrazone groups is 1. The van der Waals surface area contributed by atoms with Crippen molar-refractivity contribution in [2.75, 3.05) is 13.7 Å². The van der Waals surface area contributed by atoms with Crippen LogP contribution in [0.15, 0.2) is 64.2 Å². The average Bonchev–Trinajstić information content (AvgIpc) is 2.78. The van der Waals surface area contributed by atoms with Crippen molar-refractivity contribution in [3.63, 3.8) is 0 Å². The Hall–Kier alpha value is -2.45. The fourth-order valence-electron chi connectivity index (χ4n) is 2.63. The molecule has 10 heteroatoms. The van der Waals surface area contributed by atoms with Gasteiger partial charge in [-0.05, 0) is 70.0 Å². The number of carbonyl (C=O) groups excluding carboxylic acids is 1. The van der Waals surface area contributed by atoms with Gasteiger partial charge in [-0.3, -0.25) is 4.79 Å². The van der Waals surface area contributed by atoms with Gasteiger partial charge in [0.15, 0.2) is 18.1 Å². The first-order valence-corrected chi connectivity index (χ1v) is 11.4. The number of hydrogen-bond donors (Lipinski definition) is 1. The number of nitrogens with zero attached hydrogens (tertiary/aromatic N) is 1. The zero-order valence-electron chi connectivity index (χ0n) is 17.3. The molecule has 0 aliphatic heterocycles. The highest BCUT2D eigenvalue weighted by atomic mass is 79.9. The van der Waals surface area contributed by atoms with Crippen LogP contribution in [0.5, 0.6) is 17.2 Å². The second-order valence-corrected chi connectivity index (χ2v) is 8.73. The highest BCUT2D eigenvalue weighted by Gasteiger charge is 2.13. The van der Waals surface area contributed by atoms with E-state index in [1.165, 1.54) is 13.3 Å². The van der Waals surface area contributed by atoms with Crippen molar-refractivity contribution in [1.29, 1.82) is 0 Å². The molecule has 0 saturated heterocycles. The van der Waals surface area contributed by atoms with E-state index in [-0.39, 0.29) is 13.2 Å². The molecule has 33 heavy (non-hydrogen) atoms. The molecule has 3 aromatic carbocycles. The lowest BCUT2D eigenvalue weighted by atomic mass is 10.2. The van der Waals surface area contributed by atoms with E-state index in [2.05, 4.69) is 26.5 Å². The molecule has 3 aromatic rings. The summed E-state index contributed by atoms with van der Waals surface area (Å²) in [4.78, 5) is 11.9. The van der Waals surface area contributed by atoms with E-state index in [4.69, 9.17) is 49.0 Å². The third-order valence-corrected chi connectivity index (χ3v) is 5.65. The van der Waals surface area contributed by atoms with E-state index >= 15 is 0 Å². The van der Waals surface area contributed by atoms with Crippen LogP contribution in [0.25, 0.3) is 0 Å². The van der Waals surface area contributed by atoms with Gasteiger partial charge < -0.3 is 14.2 Å². The van der Waals surface area contributed by atoms with Crippen LogP contribution < -0.4 is 19.6 Å². The molecule has 6 nitrogen and oxygen atoms in total. The van der Waals surface area contributed by atoms with Crippen LogP contribution in [0.2, 0.25) is 15.1 Å². The Morgan fingerprint density at radius 3 is 2.45 bits per heavy atom. The van der Waals surface area contributed by atoms with E-state index in [0.717, 1.165) is 5.56 Å². The SMILES string of the molecule is COc1cc(/C=N\NC(=O)COc2ccc(Cl)cc2)cc(Br)c1OCc1ccc(Cl)cc1Cl. The van der Waals surface area contributed by atoms with Gasteiger partial charge in [0, 0.05) is 20.6 Å². The molecule has 0 bridgehead atoms. The van der Waals surface area contributed by atoms with Gasteiger partial charge >= 0.3 is 0 Å². The maximum atomic E-state index is 11.9. The molecule has 0 aliphatic carbocycles. The molecule has 0 heterocycles. The maximum Gasteiger partial charge on any atom is 0.277 e.